The molecule has 0 aromatic carbocycles. The number of aromatic nitrogens is 1. The first-order valence-corrected chi connectivity index (χ1v) is 8.63. The third-order valence-electron chi connectivity index (χ3n) is 4.04. The highest BCUT2D eigenvalue weighted by atomic mass is 32.2. The maximum absolute atomic E-state index is 12.1. The monoisotopic (exact) mass is 303 g/mol. The Morgan fingerprint density at radius 1 is 1.29 bits per heavy atom. The summed E-state index contributed by atoms with van der Waals surface area (Å²) in [7, 11) is 0. The fourth-order valence-electron chi connectivity index (χ4n) is 2.89. The lowest BCUT2D eigenvalue weighted by Crippen LogP contribution is -2.26. The van der Waals surface area contributed by atoms with Crippen LogP contribution in [0.5, 0.6) is 0 Å². The van der Waals surface area contributed by atoms with E-state index in [4.69, 9.17) is 4.99 Å². The maximum atomic E-state index is 12.1. The lowest BCUT2D eigenvalue weighted by Gasteiger charge is -2.09. The van der Waals surface area contributed by atoms with E-state index in [-0.39, 0.29) is 11.2 Å². The molecule has 21 heavy (non-hydrogen) atoms. The van der Waals surface area contributed by atoms with E-state index in [0.717, 1.165) is 23.6 Å². The number of nitrogens with one attached hydrogen (secondary N) is 1. The van der Waals surface area contributed by atoms with Crippen molar-refractivity contribution in [1.29, 1.82) is 0 Å². The van der Waals surface area contributed by atoms with Gasteiger partial charge in [-0.3, -0.25) is 14.8 Å². The first kappa shape index (κ1) is 14.6. The van der Waals surface area contributed by atoms with Crippen LogP contribution in [-0.2, 0) is 11.2 Å². The van der Waals surface area contributed by atoms with Gasteiger partial charge in [0, 0.05) is 12.4 Å². The molecular weight excluding hydrogens is 282 g/mol. The van der Waals surface area contributed by atoms with Crippen molar-refractivity contribution < 1.29 is 4.79 Å². The maximum Gasteiger partial charge on any atom is 0.239 e. The second-order valence-electron chi connectivity index (χ2n) is 5.74. The molecule has 0 bridgehead atoms. The fourth-order valence-corrected chi connectivity index (χ4v) is 3.97. The number of carbonyl (C=O) groups is 1. The molecule has 2 heterocycles. The summed E-state index contributed by atoms with van der Waals surface area (Å²) in [4.78, 5) is 20.9. The molecule has 2 aliphatic rings. The SMILES string of the molecule is O=C1NC(=NC2CCCCCC2)SC1Cc1cccnc1. The van der Waals surface area contributed by atoms with Crippen molar-refractivity contribution in [3.63, 3.8) is 0 Å². The summed E-state index contributed by atoms with van der Waals surface area (Å²) in [5.41, 5.74) is 1.10. The van der Waals surface area contributed by atoms with Gasteiger partial charge in [0.2, 0.25) is 5.91 Å². The van der Waals surface area contributed by atoms with E-state index in [9.17, 15) is 4.79 Å². The third kappa shape index (κ3) is 4.06. The lowest BCUT2D eigenvalue weighted by molar-refractivity contribution is -0.118. The van der Waals surface area contributed by atoms with E-state index >= 15 is 0 Å². The van der Waals surface area contributed by atoms with Gasteiger partial charge in [0.15, 0.2) is 5.17 Å². The second-order valence-corrected chi connectivity index (χ2v) is 6.93. The second kappa shape index (κ2) is 7.07. The van der Waals surface area contributed by atoms with Crippen molar-refractivity contribution >= 4 is 22.8 Å². The minimum atomic E-state index is -0.0706. The zero-order chi connectivity index (χ0) is 14.5. The number of aliphatic imine (C=N–C) groups is 1. The Kier molecular flexibility index (Phi) is 4.91. The Labute approximate surface area is 129 Å². The zero-order valence-electron chi connectivity index (χ0n) is 12.1. The van der Waals surface area contributed by atoms with Gasteiger partial charge in [0.1, 0.15) is 0 Å². The number of carbonyl (C=O) groups excluding carboxylic acids is 1. The molecule has 1 aromatic heterocycles. The van der Waals surface area contributed by atoms with E-state index < -0.39 is 0 Å². The van der Waals surface area contributed by atoms with Gasteiger partial charge < -0.3 is 5.32 Å². The largest absolute Gasteiger partial charge is 0.304 e. The van der Waals surface area contributed by atoms with E-state index in [1.165, 1.54) is 25.7 Å². The normalized spacial score (nSPS) is 25.8. The molecule has 1 unspecified atom stereocenters. The average molecular weight is 303 g/mol. The smallest absolute Gasteiger partial charge is 0.239 e. The van der Waals surface area contributed by atoms with Gasteiger partial charge in [0.05, 0.1) is 11.3 Å². The van der Waals surface area contributed by atoms with Gasteiger partial charge in [-0.15, -0.1) is 0 Å². The number of hydrogen-bond acceptors (Lipinski definition) is 4. The van der Waals surface area contributed by atoms with Crippen LogP contribution in [-0.4, -0.2) is 27.4 Å². The molecule has 1 amide bonds. The van der Waals surface area contributed by atoms with Crippen LogP contribution in [0.4, 0.5) is 0 Å². The van der Waals surface area contributed by atoms with Gasteiger partial charge in [-0.25, -0.2) is 0 Å². The molecule has 0 radical (unpaired) electrons. The van der Waals surface area contributed by atoms with Crippen LogP contribution < -0.4 is 5.32 Å². The Morgan fingerprint density at radius 3 is 2.81 bits per heavy atom. The first-order chi connectivity index (χ1) is 10.3. The Balaban J connectivity index is 1.61. The summed E-state index contributed by atoms with van der Waals surface area (Å²) in [6.45, 7) is 0. The standard InChI is InChI=1S/C16H21N3OS/c20-15-14(10-12-6-5-9-17-11-12)21-16(19-15)18-13-7-3-1-2-4-8-13/h5-6,9,11,13-14H,1-4,7-8,10H2,(H,18,19,20). The molecule has 1 aromatic rings. The molecule has 5 heteroatoms. The van der Waals surface area contributed by atoms with E-state index in [1.54, 1.807) is 18.0 Å². The van der Waals surface area contributed by atoms with Crippen molar-refractivity contribution in [2.24, 2.45) is 4.99 Å². The van der Waals surface area contributed by atoms with E-state index in [1.807, 2.05) is 18.3 Å². The molecule has 112 valence electrons. The first-order valence-electron chi connectivity index (χ1n) is 7.75. The topological polar surface area (TPSA) is 54.4 Å². The van der Waals surface area contributed by atoms with Crippen molar-refractivity contribution in [2.45, 2.75) is 56.2 Å². The highest BCUT2D eigenvalue weighted by Crippen LogP contribution is 2.26. The van der Waals surface area contributed by atoms with Crippen LogP contribution in [0, 0.1) is 0 Å². The van der Waals surface area contributed by atoms with Crippen molar-refractivity contribution in [3.8, 4) is 0 Å². The van der Waals surface area contributed by atoms with Crippen molar-refractivity contribution in [1.82, 2.24) is 10.3 Å². The number of pyridine rings is 1. The summed E-state index contributed by atoms with van der Waals surface area (Å²) in [6.07, 6.45) is 11.8. The molecular formula is C16H21N3OS. The lowest BCUT2D eigenvalue weighted by atomic mass is 10.1. The molecule has 1 N–H and O–H groups in total. The Morgan fingerprint density at radius 2 is 2.10 bits per heavy atom. The molecule has 2 fully saturated rings. The van der Waals surface area contributed by atoms with Crippen LogP contribution >= 0.6 is 11.8 Å². The van der Waals surface area contributed by atoms with Crippen LogP contribution in [0.15, 0.2) is 29.5 Å². The number of hydrogen-bond donors (Lipinski definition) is 1. The van der Waals surface area contributed by atoms with Crippen molar-refractivity contribution in [3.05, 3.63) is 30.1 Å². The Hall–Kier alpha value is -1.36. The number of amides is 1. The van der Waals surface area contributed by atoms with Crippen LogP contribution in [0.1, 0.15) is 44.1 Å². The summed E-state index contributed by atoms with van der Waals surface area (Å²) in [5.74, 6) is 0.0798. The molecule has 1 saturated heterocycles. The average Bonchev–Trinajstić information content (AvgIpc) is 2.68. The van der Waals surface area contributed by atoms with Crippen molar-refractivity contribution in [2.75, 3.05) is 0 Å². The van der Waals surface area contributed by atoms with Gasteiger partial charge in [0.25, 0.3) is 0 Å². The molecule has 1 atom stereocenters. The molecule has 4 nitrogen and oxygen atoms in total. The number of thioether (sulfide) groups is 1. The van der Waals surface area contributed by atoms with Crippen LogP contribution in [0.3, 0.4) is 0 Å². The van der Waals surface area contributed by atoms with E-state index in [2.05, 4.69) is 10.3 Å². The zero-order valence-corrected chi connectivity index (χ0v) is 12.9. The molecule has 1 saturated carbocycles. The fraction of sp³-hybridized carbons (Fsp3) is 0.562. The quantitative estimate of drug-likeness (QED) is 0.874. The summed E-state index contributed by atoms with van der Waals surface area (Å²) in [6, 6.07) is 4.32. The number of nitrogens with zero attached hydrogens (tertiary/aromatic N) is 2. The van der Waals surface area contributed by atoms with Gasteiger partial charge in [-0.2, -0.15) is 0 Å². The Bertz CT molecular complexity index is 510. The molecule has 0 spiro atoms. The van der Waals surface area contributed by atoms with Crippen LogP contribution in [0.25, 0.3) is 0 Å². The molecule has 1 aliphatic heterocycles. The van der Waals surface area contributed by atoms with Gasteiger partial charge in [-0.05, 0) is 30.9 Å². The van der Waals surface area contributed by atoms with Gasteiger partial charge in [-0.1, -0.05) is 43.5 Å². The van der Waals surface area contributed by atoms with Gasteiger partial charge >= 0.3 is 0 Å². The highest BCUT2D eigenvalue weighted by molar-refractivity contribution is 8.15. The predicted octanol–water partition coefficient (Wildman–Crippen LogP) is 2.93. The summed E-state index contributed by atoms with van der Waals surface area (Å²) < 4.78 is 0. The highest BCUT2D eigenvalue weighted by Gasteiger charge is 2.30. The third-order valence-corrected chi connectivity index (χ3v) is 5.14. The molecule has 3 rings (SSSR count). The van der Waals surface area contributed by atoms with E-state index in [0.29, 0.717) is 12.5 Å². The summed E-state index contributed by atoms with van der Waals surface area (Å²) in [5, 5.41) is 3.70. The molecule has 1 aliphatic carbocycles. The minimum Gasteiger partial charge on any atom is -0.304 e. The predicted molar refractivity (Wildman–Crippen MR) is 86.4 cm³/mol. The summed E-state index contributed by atoms with van der Waals surface area (Å²) >= 11 is 1.58. The minimum absolute atomic E-state index is 0.0706. The number of rotatable bonds is 3. The number of amidine groups is 1. The van der Waals surface area contributed by atoms with Crippen LogP contribution in [0.2, 0.25) is 0 Å².